The molecule has 1 aliphatic heterocycles. The van der Waals surface area contributed by atoms with Crippen LogP contribution in [0.25, 0.3) is 21.5 Å². The van der Waals surface area contributed by atoms with Crippen molar-refractivity contribution in [3.05, 3.63) is 77.7 Å². The van der Waals surface area contributed by atoms with Crippen LogP contribution in [0.15, 0.2) is 66.9 Å². The Kier molecular flexibility index (Phi) is 7.25. The van der Waals surface area contributed by atoms with Gasteiger partial charge < -0.3 is 26.0 Å². The molecule has 3 aromatic heterocycles. The number of aromatic hydroxyl groups is 1. The number of benzene rings is 2. The van der Waals surface area contributed by atoms with Crippen LogP contribution in [0.1, 0.15) is 15.6 Å². The van der Waals surface area contributed by atoms with Gasteiger partial charge in [0.15, 0.2) is 10.8 Å². The van der Waals surface area contributed by atoms with Crippen molar-refractivity contribution in [2.45, 2.75) is 0 Å². The predicted molar refractivity (Wildman–Crippen MR) is 159 cm³/mol. The maximum absolute atomic E-state index is 12.4. The topological polar surface area (TPSA) is 146 Å². The number of piperazine rings is 1. The SMILES string of the molecule is Nc1nnc(-c2ccccc2O)cc1N1CCN(c2ccnc(C#CCNC(=O)c3nc4ccccc4s3)n2)CC1. The first-order valence-electron chi connectivity index (χ1n) is 12.9. The summed E-state index contributed by atoms with van der Waals surface area (Å²) in [5, 5.41) is 21.7. The molecule has 0 radical (unpaired) electrons. The largest absolute Gasteiger partial charge is 0.507 e. The lowest BCUT2D eigenvalue weighted by Gasteiger charge is -2.36. The monoisotopic (exact) mass is 563 g/mol. The number of rotatable bonds is 5. The van der Waals surface area contributed by atoms with Crippen molar-refractivity contribution >= 4 is 44.8 Å². The third kappa shape index (κ3) is 5.70. The van der Waals surface area contributed by atoms with E-state index in [0.29, 0.717) is 54.1 Å². The molecule has 2 aromatic carbocycles. The van der Waals surface area contributed by atoms with Gasteiger partial charge in [-0.3, -0.25) is 4.79 Å². The van der Waals surface area contributed by atoms with Crippen molar-refractivity contribution in [1.82, 2.24) is 30.5 Å². The number of nitrogen functional groups attached to an aromatic ring is 1. The van der Waals surface area contributed by atoms with Crippen LogP contribution >= 0.6 is 11.3 Å². The normalized spacial score (nSPS) is 13.1. The standard InChI is InChI=1S/C29H25N9O2S/c30-27-22(18-21(35-36-27)19-6-1-3-8-23(19)39)37-14-16-38(17-15-37)26-11-13-31-25(34-26)10-5-12-32-28(40)29-33-20-7-2-4-9-24(20)41-29/h1-4,6-9,11,13,18,39H,12,14-17H2,(H2,30,36)(H,32,40). The fourth-order valence-electron chi connectivity index (χ4n) is 4.52. The van der Waals surface area contributed by atoms with Crippen LogP contribution in [0.4, 0.5) is 17.3 Å². The number of phenolic OH excluding ortho intramolecular Hbond substituents is 1. The van der Waals surface area contributed by atoms with Crippen molar-refractivity contribution < 1.29 is 9.90 Å². The average molecular weight is 564 g/mol. The molecule has 4 heterocycles. The molecule has 1 saturated heterocycles. The first kappa shape index (κ1) is 26.0. The molecule has 11 nitrogen and oxygen atoms in total. The summed E-state index contributed by atoms with van der Waals surface area (Å²) in [6.45, 7) is 2.95. The summed E-state index contributed by atoms with van der Waals surface area (Å²) < 4.78 is 0.966. The van der Waals surface area contributed by atoms with Crippen LogP contribution in [-0.4, -0.2) is 68.9 Å². The van der Waals surface area contributed by atoms with Gasteiger partial charge in [0.25, 0.3) is 5.91 Å². The van der Waals surface area contributed by atoms with Gasteiger partial charge in [0.05, 0.1) is 28.1 Å². The first-order chi connectivity index (χ1) is 20.0. The van der Waals surface area contributed by atoms with E-state index in [1.54, 1.807) is 24.4 Å². The minimum atomic E-state index is -0.259. The number of phenols is 1. The van der Waals surface area contributed by atoms with E-state index in [9.17, 15) is 9.90 Å². The Labute approximate surface area is 239 Å². The molecular formula is C29H25N9O2S. The van der Waals surface area contributed by atoms with Gasteiger partial charge in [0.1, 0.15) is 11.6 Å². The predicted octanol–water partition coefficient (Wildman–Crippen LogP) is 2.94. The smallest absolute Gasteiger partial charge is 0.281 e. The zero-order chi connectivity index (χ0) is 28.2. The van der Waals surface area contributed by atoms with Crippen LogP contribution in [0.5, 0.6) is 5.75 Å². The number of hydrogen-bond acceptors (Lipinski definition) is 11. The molecule has 5 aromatic rings. The number of para-hydroxylation sites is 2. The average Bonchev–Trinajstić information content (AvgIpc) is 3.45. The Morgan fingerprint density at radius 3 is 2.61 bits per heavy atom. The summed E-state index contributed by atoms with van der Waals surface area (Å²) in [7, 11) is 0. The summed E-state index contributed by atoms with van der Waals surface area (Å²) in [5.41, 5.74) is 8.92. The molecule has 4 N–H and O–H groups in total. The highest BCUT2D eigenvalue weighted by molar-refractivity contribution is 7.20. The third-order valence-electron chi connectivity index (χ3n) is 6.59. The maximum atomic E-state index is 12.4. The molecule has 0 atom stereocenters. The second-order valence-corrected chi connectivity index (χ2v) is 10.2. The quantitative estimate of drug-likeness (QED) is 0.273. The summed E-state index contributed by atoms with van der Waals surface area (Å²) >= 11 is 1.35. The van der Waals surface area contributed by atoms with Crippen LogP contribution in [0.3, 0.4) is 0 Å². The van der Waals surface area contributed by atoms with Gasteiger partial charge in [-0.05, 0) is 42.3 Å². The maximum Gasteiger partial charge on any atom is 0.281 e. The molecule has 1 amide bonds. The van der Waals surface area contributed by atoms with E-state index >= 15 is 0 Å². The molecule has 1 aliphatic rings. The molecule has 0 spiro atoms. The summed E-state index contributed by atoms with van der Waals surface area (Å²) in [5.74, 6) is 7.24. The van der Waals surface area contributed by atoms with E-state index in [0.717, 1.165) is 21.7 Å². The second kappa shape index (κ2) is 11.4. The number of nitrogens with zero attached hydrogens (tertiary/aromatic N) is 7. The molecule has 204 valence electrons. The third-order valence-corrected chi connectivity index (χ3v) is 7.63. The zero-order valence-electron chi connectivity index (χ0n) is 21.9. The summed E-state index contributed by atoms with van der Waals surface area (Å²) in [4.78, 5) is 30.0. The van der Waals surface area contributed by atoms with Gasteiger partial charge >= 0.3 is 0 Å². The summed E-state index contributed by atoms with van der Waals surface area (Å²) in [6, 6.07) is 18.4. The number of nitrogens with one attached hydrogen (secondary N) is 1. The van der Waals surface area contributed by atoms with Gasteiger partial charge in [-0.25, -0.2) is 15.0 Å². The highest BCUT2D eigenvalue weighted by atomic mass is 32.1. The lowest BCUT2D eigenvalue weighted by molar-refractivity contribution is 0.0958. The molecule has 0 bridgehead atoms. The van der Waals surface area contributed by atoms with Gasteiger partial charge in [0.2, 0.25) is 5.82 Å². The second-order valence-electron chi connectivity index (χ2n) is 9.20. The Balaban J connectivity index is 1.07. The summed E-state index contributed by atoms with van der Waals surface area (Å²) in [6.07, 6.45) is 1.68. The Morgan fingerprint density at radius 1 is 1.00 bits per heavy atom. The van der Waals surface area contributed by atoms with E-state index < -0.39 is 0 Å². The number of anilines is 3. The van der Waals surface area contributed by atoms with E-state index in [2.05, 4.69) is 52.1 Å². The van der Waals surface area contributed by atoms with Gasteiger partial charge in [-0.1, -0.05) is 30.2 Å². The van der Waals surface area contributed by atoms with Crippen molar-refractivity contribution in [1.29, 1.82) is 0 Å². The van der Waals surface area contributed by atoms with Crippen molar-refractivity contribution in [3.8, 4) is 28.8 Å². The van der Waals surface area contributed by atoms with Crippen LogP contribution in [-0.2, 0) is 0 Å². The molecule has 12 heteroatoms. The van der Waals surface area contributed by atoms with Crippen LogP contribution in [0, 0.1) is 11.8 Å². The molecule has 0 aliphatic carbocycles. The van der Waals surface area contributed by atoms with Crippen molar-refractivity contribution in [3.63, 3.8) is 0 Å². The number of fused-ring (bicyclic) bond motifs is 1. The van der Waals surface area contributed by atoms with E-state index in [4.69, 9.17) is 5.73 Å². The fraction of sp³-hybridized carbons (Fsp3) is 0.172. The minimum Gasteiger partial charge on any atom is -0.507 e. The number of carbonyl (C=O) groups is 1. The fourth-order valence-corrected chi connectivity index (χ4v) is 5.40. The molecule has 1 fully saturated rings. The zero-order valence-corrected chi connectivity index (χ0v) is 22.7. The Morgan fingerprint density at radius 2 is 1.78 bits per heavy atom. The molecule has 41 heavy (non-hydrogen) atoms. The Hall–Kier alpha value is -5.28. The van der Waals surface area contributed by atoms with Crippen molar-refractivity contribution in [2.24, 2.45) is 0 Å². The Bertz CT molecular complexity index is 1760. The van der Waals surface area contributed by atoms with E-state index in [1.807, 2.05) is 42.5 Å². The van der Waals surface area contributed by atoms with E-state index in [-0.39, 0.29) is 18.2 Å². The molecule has 0 saturated carbocycles. The highest BCUT2D eigenvalue weighted by Gasteiger charge is 2.22. The van der Waals surface area contributed by atoms with Crippen LogP contribution in [0.2, 0.25) is 0 Å². The van der Waals surface area contributed by atoms with Gasteiger partial charge in [0, 0.05) is 37.9 Å². The van der Waals surface area contributed by atoms with Crippen molar-refractivity contribution in [2.75, 3.05) is 48.3 Å². The number of carbonyl (C=O) groups excluding carboxylic acids is 1. The number of hydrogen-bond donors (Lipinski definition) is 3. The molecule has 6 rings (SSSR count). The van der Waals surface area contributed by atoms with E-state index in [1.165, 1.54) is 11.3 Å². The van der Waals surface area contributed by atoms with Gasteiger partial charge in [-0.2, -0.15) is 0 Å². The lowest BCUT2D eigenvalue weighted by atomic mass is 10.1. The minimum absolute atomic E-state index is 0.139. The molecule has 0 unspecified atom stereocenters. The number of nitrogens with two attached hydrogens (primary N) is 1. The van der Waals surface area contributed by atoms with Crippen LogP contribution < -0.4 is 20.9 Å². The molecular weight excluding hydrogens is 538 g/mol. The number of amides is 1. The number of thiazole rings is 1. The van der Waals surface area contributed by atoms with Gasteiger partial charge in [-0.15, -0.1) is 21.5 Å². The lowest BCUT2D eigenvalue weighted by Crippen LogP contribution is -2.47. The first-order valence-corrected chi connectivity index (χ1v) is 13.7. The number of aromatic nitrogens is 5. The highest BCUT2D eigenvalue weighted by Crippen LogP contribution is 2.32.